The second-order valence-corrected chi connectivity index (χ2v) is 7.60. The molecule has 0 aliphatic heterocycles. The van der Waals surface area contributed by atoms with E-state index in [2.05, 4.69) is 0 Å². The average molecular weight is 421 g/mol. The topological polar surface area (TPSA) is 82.1 Å². The van der Waals surface area contributed by atoms with E-state index >= 15 is 0 Å². The van der Waals surface area contributed by atoms with Crippen molar-refractivity contribution in [1.29, 1.82) is 0 Å². The summed E-state index contributed by atoms with van der Waals surface area (Å²) in [6.45, 7) is 1.25. The lowest BCUT2D eigenvalue weighted by atomic mass is 10.1. The van der Waals surface area contributed by atoms with Crippen LogP contribution in [-0.2, 0) is 15.6 Å². The molecule has 0 bridgehead atoms. The molecule has 28 heavy (non-hydrogen) atoms. The van der Waals surface area contributed by atoms with Gasteiger partial charge in [-0.1, -0.05) is 23.7 Å². The highest BCUT2D eigenvalue weighted by atomic mass is 35.5. The monoisotopic (exact) mass is 420 g/mol. The standard InChI is InChI=1S/C20H17ClO6S/c1-11(22)27-18-14-10-12(28(24)16-7-5-4-6-15(16)21)8-9-13(14)17(23)19(25-2)20(18)26-3/h4-10,23H,1-3H3. The van der Waals surface area contributed by atoms with Crippen LogP contribution >= 0.6 is 11.6 Å². The van der Waals surface area contributed by atoms with E-state index in [9.17, 15) is 14.1 Å². The van der Waals surface area contributed by atoms with E-state index in [0.29, 0.717) is 25.6 Å². The highest BCUT2D eigenvalue weighted by molar-refractivity contribution is 7.85. The van der Waals surface area contributed by atoms with Gasteiger partial charge < -0.3 is 19.3 Å². The molecular weight excluding hydrogens is 404 g/mol. The SMILES string of the molecule is COc1c(OC)c(OC(C)=O)c2cc(S(=O)c3ccccc3Cl)ccc2c1O. The van der Waals surface area contributed by atoms with E-state index in [1.165, 1.54) is 21.1 Å². The first-order chi connectivity index (χ1) is 13.4. The Labute approximate surface area is 169 Å². The molecule has 1 unspecified atom stereocenters. The first-order valence-electron chi connectivity index (χ1n) is 8.14. The first kappa shape index (κ1) is 20.0. The second-order valence-electron chi connectivity index (χ2n) is 5.74. The molecule has 1 atom stereocenters. The summed E-state index contributed by atoms with van der Waals surface area (Å²) in [6, 6.07) is 11.5. The van der Waals surface area contributed by atoms with Gasteiger partial charge in [0.05, 0.1) is 34.9 Å². The minimum atomic E-state index is -1.58. The quantitative estimate of drug-likeness (QED) is 0.489. The molecule has 6 nitrogen and oxygen atoms in total. The van der Waals surface area contributed by atoms with Gasteiger partial charge in [0.2, 0.25) is 11.5 Å². The van der Waals surface area contributed by atoms with Gasteiger partial charge in [0.25, 0.3) is 0 Å². The molecule has 3 aromatic carbocycles. The summed E-state index contributed by atoms with van der Waals surface area (Å²) in [6.07, 6.45) is 0. The van der Waals surface area contributed by atoms with Crippen molar-refractivity contribution in [3.8, 4) is 23.0 Å². The predicted octanol–water partition coefficient (Wildman–Crippen LogP) is 4.31. The van der Waals surface area contributed by atoms with Gasteiger partial charge in [-0.05, 0) is 30.3 Å². The van der Waals surface area contributed by atoms with Crippen LogP contribution < -0.4 is 14.2 Å². The zero-order valence-electron chi connectivity index (χ0n) is 15.3. The zero-order valence-corrected chi connectivity index (χ0v) is 16.9. The Hall–Kier alpha value is -2.77. The first-order valence-corrected chi connectivity index (χ1v) is 9.67. The van der Waals surface area contributed by atoms with Gasteiger partial charge >= 0.3 is 5.97 Å². The van der Waals surface area contributed by atoms with Gasteiger partial charge in [-0.2, -0.15) is 0 Å². The summed E-state index contributed by atoms with van der Waals surface area (Å²) in [5.41, 5.74) is 0. The molecule has 0 aliphatic rings. The van der Waals surface area contributed by atoms with Crippen LogP contribution in [0.3, 0.4) is 0 Å². The summed E-state index contributed by atoms with van der Waals surface area (Å²) in [4.78, 5) is 12.5. The van der Waals surface area contributed by atoms with Gasteiger partial charge in [0, 0.05) is 22.6 Å². The van der Waals surface area contributed by atoms with Crippen molar-refractivity contribution in [2.75, 3.05) is 14.2 Å². The Balaban J connectivity index is 2.29. The van der Waals surface area contributed by atoms with E-state index in [4.69, 9.17) is 25.8 Å². The highest BCUT2D eigenvalue weighted by Crippen LogP contribution is 2.50. The molecule has 0 fully saturated rings. The maximum atomic E-state index is 13.0. The number of benzene rings is 3. The lowest BCUT2D eigenvalue weighted by Crippen LogP contribution is -2.05. The summed E-state index contributed by atoms with van der Waals surface area (Å²) in [5.74, 6) is -0.599. The number of halogens is 1. The molecule has 8 heteroatoms. The Morgan fingerprint density at radius 1 is 1.00 bits per heavy atom. The third-order valence-corrected chi connectivity index (χ3v) is 5.90. The molecule has 3 aromatic rings. The van der Waals surface area contributed by atoms with Gasteiger partial charge in [-0.15, -0.1) is 0 Å². The summed E-state index contributed by atoms with van der Waals surface area (Å²) in [7, 11) is 1.14. The van der Waals surface area contributed by atoms with Crippen LogP contribution in [0.1, 0.15) is 6.92 Å². The van der Waals surface area contributed by atoms with Crippen molar-refractivity contribution in [3.05, 3.63) is 47.5 Å². The third-order valence-electron chi connectivity index (χ3n) is 4.02. The van der Waals surface area contributed by atoms with Crippen molar-refractivity contribution in [2.45, 2.75) is 16.7 Å². The van der Waals surface area contributed by atoms with Crippen LogP contribution in [0.25, 0.3) is 10.8 Å². The number of rotatable bonds is 5. The number of aromatic hydroxyl groups is 1. The van der Waals surface area contributed by atoms with E-state index < -0.39 is 16.8 Å². The molecule has 1 N–H and O–H groups in total. The smallest absolute Gasteiger partial charge is 0.308 e. The number of carbonyl (C=O) groups excluding carboxylic acids is 1. The molecular formula is C20H17ClO6S. The third kappa shape index (κ3) is 3.50. The number of hydrogen-bond acceptors (Lipinski definition) is 6. The molecule has 0 radical (unpaired) electrons. The number of phenolic OH excluding ortho intramolecular Hbond substituents is 1. The number of phenols is 1. The zero-order chi connectivity index (χ0) is 20.4. The summed E-state index contributed by atoms with van der Waals surface area (Å²) >= 11 is 6.16. The van der Waals surface area contributed by atoms with Crippen molar-refractivity contribution < 1.29 is 28.3 Å². The highest BCUT2D eigenvalue weighted by Gasteiger charge is 2.24. The van der Waals surface area contributed by atoms with E-state index in [1.54, 1.807) is 42.5 Å². The fourth-order valence-corrected chi connectivity index (χ4v) is 4.29. The van der Waals surface area contributed by atoms with E-state index in [-0.39, 0.29) is 23.0 Å². The van der Waals surface area contributed by atoms with E-state index in [0.717, 1.165) is 0 Å². The van der Waals surface area contributed by atoms with Crippen LogP contribution in [0, 0.1) is 0 Å². The van der Waals surface area contributed by atoms with Gasteiger partial charge in [-0.25, -0.2) is 4.21 Å². The van der Waals surface area contributed by atoms with Crippen molar-refractivity contribution >= 4 is 39.1 Å². The van der Waals surface area contributed by atoms with Crippen LogP contribution in [0.5, 0.6) is 23.0 Å². The minimum absolute atomic E-state index is 0.0335. The fourth-order valence-electron chi connectivity index (χ4n) is 2.83. The molecule has 0 heterocycles. The van der Waals surface area contributed by atoms with Gasteiger partial charge in [0.1, 0.15) is 0 Å². The number of esters is 1. The number of methoxy groups -OCH3 is 2. The van der Waals surface area contributed by atoms with Gasteiger partial charge in [0.15, 0.2) is 11.5 Å². The maximum Gasteiger partial charge on any atom is 0.308 e. The van der Waals surface area contributed by atoms with Crippen molar-refractivity contribution in [1.82, 2.24) is 0 Å². The number of ether oxygens (including phenoxy) is 3. The summed E-state index contributed by atoms with van der Waals surface area (Å²) < 4.78 is 28.9. The van der Waals surface area contributed by atoms with Crippen molar-refractivity contribution in [2.24, 2.45) is 0 Å². The average Bonchev–Trinajstić information content (AvgIpc) is 2.69. The molecule has 0 aliphatic carbocycles. The molecule has 0 amide bonds. The van der Waals surface area contributed by atoms with Crippen molar-refractivity contribution in [3.63, 3.8) is 0 Å². The second kappa shape index (κ2) is 8.08. The predicted molar refractivity (Wildman–Crippen MR) is 106 cm³/mol. The lowest BCUT2D eigenvalue weighted by molar-refractivity contribution is -0.131. The van der Waals surface area contributed by atoms with Crippen LogP contribution in [0.2, 0.25) is 5.02 Å². The maximum absolute atomic E-state index is 13.0. The Morgan fingerprint density at radius 2 is 1.68 bits per heavy atom. The largest absolute Gasteiger partial charge is 0.504 e. The molecule has 3 rings (SSSR count). The number of carbonyl (C=O) groups is 1. The minimum Gasteiger partial charge on any atom is -0.504 e. The number of fused-ring (bicyclic) bond motifs is 1. The number of hydrogen-bond donors (Lipinski definition) is 1. The molecule has 146 valence electrons. The molecule has 0 spiro atoms. The Kier molecular flexibility index (Phi) is 5.76. The fraction of sp³-hybridized carbons (Fsp3) is 0.150. The van der Waals surface area contributed by atoms with Crippen LogP contribution in [0.4, 0.5) is 0 Å². The molecule has 0 saturated heterocycles. The van der Waals surface area contributed by atoms with E-state index in [1.807, 2.05) is 0 Å². The molecule has 0 saturated carbocycles. The van der Waals surface area contributed by atoms with Crippen LogP contribution in [-0.4, -0.2) is 29.5 Å². The Bertz CT molecular complexity index is 1100. The normalized spacial score (nSPS) is 11.9. The Morgan fingerprint density at radius 3 is 2.29 bits per heavy atom. The van der Waals surface area contributed by atoms with Gasteiger partial charge in [-0.3, -0.25) is 4.79 Å². The molecule has 0 aromatic heterocycles. The lowest BCUT2D eigenvalue weighted by Gasteiger charge is -2.17. The summed E-state index contributed by atoms with van der Waals surface area (Å²) in [5, 5.41) is 11.6. The van der Waals surface area contributed by atoms with Crippen LogP contribution in [0.15, 0.2) is 52.3 Å².